The highest BCUT2D eigenvalue weighted by molar-refractivity contribution is 5.66. The van der Waals surface area contributed by atoms with Crippen molar-refractivity contribution in [3.05, 3.63) is 17.5 Å². The number of nitrogens with one attached hydrogen (secondary N) is 1. The van der Waals surface area contributed by atoms with E-state index >= 15 is 0 Å². The van der Waals surface area contributed by atoms with E-state index in [0.717, 1.165) is 24.1 Å². The molecule has 1 rings (SSSR count). The first-order valence-electron chi connectivity index (χ1n) is 6.21. The first-order valence-corrected chi connectivity index (χ1v) is 6.21. The van der Waals surface area contributed by atoms with Gasteiger partial charge in [-0.3, -0.25) is 4.68 Å². The van der Waals surface area contributed by atoms with Gasteiger partial charge in [0.05, 0.1) is 25.5 Å². The molecule has 0 saturated carbocycles. The van der Waals surface area contributed by atoms with Crippen molar-refractivity contribution in [2.24, 2.45) is 0 Å². The standard InChI is InChI=1S/C12H21N3O3/c1-3-18-12(17)13-6-4-5-11-9-15(7-8-16)14-10(11)2/h9,16H,3-8H2,1-2H3,(H,13,17). The Labute approximate surface area is 107 Å². The number of amides is 1. The van der Waals surface area contributed by atoms with Gasteiger partial charge >= 0.3 is 6.09 Å². The summed E-state index contributed by atoms with van der Waals surface area (Å²) in [6.07, 6.45) is 3.26. The van der Waals surface area contributed by atoms with Gasteiger partial charge in [-0.05, 0) is 32.3 Å². The second kappa shape index (κ2) is 7.71. The monoisotopic (exact) mass is 255 g/mol. The van der Waals surface area contributed by atoms with Gasteiger partial charge < -0.3 is 15.2 Å². The number of hydrogen-bond donors (Lipinski definition) is 2. The van der Waals surface area contributed by atoms with Crippen molar-refractivity contribution in [1.82, 2.24) is 15.1 Å². The maximum Gasteiger partial charge on any atom is 0.407 e. The predicted molar refractivity (Wildman–Crippen MR) is 67.4 cm³/mol. The molecule has 18 heavy (non-hydrogen) atoms. The molecule has 1 aromatic heterocycles. The SMILES string of the molecule is CCOC(=O)NCCCc1cn(CCO)nc1C. The van der Waals surface area contributed by atoms with E-state index in [1.165, 1.54) is 0 Å². The molecule has 0 radical (unpaired) electrons. The van der Waals surface area contributed by atoms with E-state index in [4.69, 9.17) is 9.84 Å². The summed E-state index contributed by atoms with van der Waals surface area (Å²) in [5.74, 6) is 0. The number of alkyl carbamates (subject to hydrolysis) is 1. The Morgan fingerprint density at radius 1 is 1.61 bits per heavy atom. The summed E-state index contributed by atoms with van der Waals surface area (Å²) >= 11 is 0. The third kappa shape index (κ3) is 4.75. The fourth-order valence-corrected chi connectivity index (χ4v) is 1.67. The fourth-order valence-electron chi connectivity index (χ4n) is 1.67. The summed E-state index contributed by atoms with van der Waals surface area (Å²) in [5.41, 5.74) is 2.12. The highest BCUT2D eigenvalue weighted by Gasteiger charge is 2.05. The lowest BCUT2D eigenvalue weighted by Crippen LogP contribution is -2.25. The van der Waals surface area contributed by atoms with Crippen LogP contribution in [0.4, 0.5) is 4.79 Å². The van der Waals surface area contributed by atoms with Crippen LogP contribution in [-0.2, 0) is 17.7 Å². The lowest BCUT2D eigenvalue weighted by atomic mass is 10.1. The third-order valence-corrected chi connectivity index (χ3v) is 2.54. The minimum absolute atomic E-state index is 0.0883. The summed E-state index contributed by atoms with van der Waals surface area (Å²) in [7, 11) is 0. The number of aryl methyl sites for hydroxylation is 2. The average Bonchev–Trinajstić information content (AvgIpc) is 2.66. The molecular weight excluding hydrogens is 234 g/mol. The summed E-state index contributed by atoms with van der Waals surface area (Å²) in [4.78, 5) is 11.0. The van der Waals surface area contributed by atoms with E-state index < -0.39 is 0 Å². The van der Waals surface area contributed by atoms with Crippen LogP contribution >= 0.6 is 0 Å². The van der Waals surface area contributed by atoms with Gasteiger partial charge in [-0.2, -0.15) is 5.10 Å². The molecule has 0 atom stereocenters. The molecule has 0 aliphatic heterocycles. The van der Waals surface area contributed by atoms with Crippen molar-refractivity contribution in [3.8, 4) is 0 Å². The van der Waals surface area contributed by atoms with Crippen LogP contribution < -0.4 is 5.32 Å². The summed E-state index contributed by atoms with van der Waals surface area (Å²) in [6, 6.07) is 0. The van der Waals surface area contributed by atoms with E-state index in [9.17, 15) is 4.79 Å². The van der Waals surface area contributed by atoms with E-state index in [1.54, 1.807) is 11.6 Å². The zero-order chi connectivity index (χ0) is 13.4. The Morgan fingerprint density at radius 3 is 3.06 bits per heavy atom. The largest absolute Gasteiger partial charge is 0.450 e. The molecule has 0 saturated heterocycles. The van der Waals surface area contributed by atoms with Crippen LogP contribution in [0, 0.1) is 6.92 Å². The van der Waals surface area contributed by atoms with Gasteiger partial charge in [-0.25, -0.2) is 4.79 Å². The Bertz CT molecular complexity index is 377. The van der Waals surface area contributed by atoms with E-state index in [0.29, 0.717) is 19.7 Å². The summed E-state index contributed by atoms with van der Waals surface area (Å²) in [5, 5.41) is 15.8. The third-order valence-electron chi connectivity index (χ3n) is 2.54. The molecule has 1 amide bonds. The number of nitrogens with zero attached hydrogens (tertiary/aromatic N) is 2. The fraction of sp³-hybridized carbons (Fsp3) is 0.667. The van der Waals surface area contributed by atoms with Crippen LogP contribution in [0.25, 0.3) is 0 Å². The predicted octanol–water partition coefficient (Wildman–Crippen LogP) is 0.863. The number of carbonyl (C=O) groups is 1. The topological polar surface area (TPSA) is 76.4 Å². The van der Waals surface area contributed by atoms with Crippen LogP contribution in [0.3, 0.4) is 0 Å². The highest BCUT2D eigenvalue weighted by atomic mass is 16.5. The minimum atomic E-state index is -0.370. The molecule has 0 aromatic carbocycles. The first-order chi connectivity index (χ1) is 8.67. The molecule has 6 heteroatoms. The quantitative estimate of drug-likeness (QED) is 0.709. The van der Waals surface area contributed by atoms with Crippen LogP contribution in [0.2, 0.25) is 0 Å². The normalized spacial score (nSPS) is 10.4. The van der Waals surface area contributed by atoms with Gasteiger partial charge in [0.15, 0.2) is 0 Å². The van der Waals surface area contributed by atoms with Gasteiger partial charge in [-0.1, -0.05) is 0 Å². The van der Waals surface area contributed by atoms with Crippen LogP contribution in [0.1, 0.15) is 24.6 Å². The van der Waals surface area contributed by atoms with Gasteiger partial charge in [0, 0.05) is 12.7 Å². The molecule has 0 fully saturated rings. The van der Waals surface area contributed by atoms with Gasteiger partial charge in [-0.15, -0.1) is 0 Å². The number of aliphatic hydroxyl groups is 1. The molecule has 0 aliphatic rings. The number of carbonyl (C=O) groups excluding carboxylic acids is 1. The average molecular weight is 255 g/mol. The Balaban J connectivity index is 2.28. The maximum absolute atomic E-state index is 11.0. The Kier molecular flexibility index (Phi) is 6.21. The molecule has 6 nitrogen and oxygen atoms in total. The molecular formula is C12H21N3O3. The first kappa shape index (κ1) is 14.5. The molecule has 1 aromatic rings. The van der Waals surface area contributed by atoms with Crippen molar-refractivity contribution in [2.45, 2.75) is 33.2 Å². The molecule has 0 aliphatic carbocycles. The van der Waals surface area contributed by atoms with Crippen LogP contribution in [-0.4, -0.2) is 40.7 Å². The van der Waals surface area contributed by atoms with Crippen LogP contribution in [0.5, 0.6) is 0 Å². The van der Waals surface area contributed by atoms with Crippen molar-refractivity contribution in [3.63, 3.8) is 0 Å². The molecule has 0 spiro atoms. The smallest absolute Gasteiger partial charge is 0.407 e. The lowest BCUT2D eigenvalue weighted by Gasteiger charge is -2.04. The number of rotatable bonds is 7. The number of aromatic nitrogens is 2. The minimum Gasteiger partial charge on any atom is -0.450 e. The molecule has 102 valence electrons. The zero-order valence-electron chi connectivity index (χ0n) is 11.0. The van der Waals surface area contributed by atoms with E-state index in [-0.39, 0.29) is 12.7 Å². The number of ether oxygens (including phenoxy) is 1. The van der Waals surface area contributed by atoms with Crippen LogP contribution in [0.15, 0.2) is 6.20 Å². The molecule has 2 N–H and O–H groups in total. The zero-order valence-corrected chi connectivity index (χ0v) is 11.0. The molecule has 0 bridgehead atoms. The summed E-state index contributed by atoms with van der Waals surface area (Å²) in [6.45, 7) is 5.30. The van der Waals surface area contributed by atoms with E-state index in [1.807, 2.05) is 13.1 Å². The number of hydrogen-bond acceptors (Lipinski definition) is 4. The van der Waals surface area contributed by atoms with Gasteiger partial charge in [0.25, 0.3) is 0 Å². The summed E-state index contributed by atoms with van der Waals surface area (Å²) < 4.78 is 6.50. The van der Waals surface area contributed by atoms with Crippen molar-refractivity contribution < 1.29 is 14.6 Å². The molecule has 1 heterocycles. The maximum atomic E-state index is 11.0. The Hall–Kier alpha value is -1.56. The lowest BCUT2D eigenvalue weighted by molar-refractivity contribution is 0.152. The second-order valence-electron chi connectivity index (χ2n) is 3.98. The molecule has 0 unspecified atom stereocenters. The van der Waals surface area contributed by atoms with Crippen molar-refractivity contribution in [1.29, 1.82) is 0 Å². The number of aliphatic hydroxyl groups excluding tert-OH is 1. The van der Waals surface area contributed by atoms with E-state index in [2.05, 4.69) is 10.4 Å². The van der Waals surface area contributed by atoms with Crippen molar-refractivity contribution >= 4 is 6.09 Å². The highest BCUT2D eigenvalue weighted by Crippen LogP contribution is 2.08. The van der Waals surface area contributed by atoms with Gasteiger partial charge in [0.1, 0.15) is 0 Å². The van der Waals surface area contributed by atoms with Gasteiger partial charge in [0.2, 0.25) is 0 Å². The Morgan fingerprint density at radius 2 is 2.39 bits per heavy atom. The second-order valence-corrected chi connectivity index (χ2v) is 3.98. The van der Waals surface area contributed by atoms with Crippen molar-refractivity contribution in [2.75, 3.05) is 19.8 Å².